The van der Waals surface area contributed by atoms with E-state index in [1.807, 2.05) is 6.07 Å². The molecule has 0 heterocycles. The summed E-state index contributed by atoms with van der Waals surface area (Å²) in [6.45, 7) is 1.77. The van der Waals surface area contributed by atoms with E-state index in [2.05, 4.69) is 5.32 Å². The van der Waals surface area contributed by atoms with Crippen LogP contribution >= 0.6 is 11.6 Å². The monoisotopic (exact) mass is 478 g/mol. The minimum absolute atomic E-state index is 0.168. The highest BCUT2D eigenvalue weighted by molar-refractivity contribution is 6.34. The van der Waals surface area contributed by atoms with Crippen molar-refractivity contribution in [2.45, 2.75) is 6.92 Å². The molecule has 0 fully saturated rings. The maximum atomic E-state index is 12.5. The largest absolute Gasteiger partial charge is 0.450 e. The van der Waals surface area contributed by atoms with Gasteiger partial charge >= 0.3 is 5.69 Å². The number of nitro groups is 2. The molecule has 0 bridgehead atoms. The minimum atomic E-state index is -0.780. The van der Waals surface area contributed by atoms with Crippen LogP contribution in [-0.2, 0) is 4.79 Å². The Morgan fingerprint density at radius 1 is 1.09 bits per heavy atom. The number of ether oxygens (including phenoxy) is 1. The Labute approximate surface area is 198 Å². The molecule has 0 aliphatic carbocycles. The number of nitrogens with zero attached hydrogens (tertiary/aromatic N) is 3. The van der Waals surface area contributed by atoms with Crippen molar-refractivity contribution < 1.29 is 19.4 Å². The maximum absolute atomic E-state index is 12.5. The lowest BCUT2D eigenvalue weighted by atomic mass is 10.1. The Morgan fingerprint density at radius 3 is 2.38 bits per heavy atom. The molecule has 0 aliphatic rings. The molecule has 34 heavy (non-hydrogen) atoms. The number of amides is 1. The number of carbonyl (C=O) groups is 1. The third kappa shape index (κ3) is 5.53. The Kier molecular flexibility index (Phi) is 7.20. The van der Waals surface area contributed by atoms with E-state index in [1.165, 1.54) is 30.3 Å². The van der Waals surface area contributed by atoms with Gasteiger partial charge in [0.25, 0.3) is 11.6 Å². The number of rotatable bonds is 7. The van der Waals surface area contributed by atoms with Crippen molar-refractivity contribution in [3.8, 4) is 17.6 Å². The van der Waals surface area contributed by atoms with Crippen molar-refractivity contribution >= 4 is 40.6 Å². The zero-order valence-corrected chi connectivity index (χ0v) is 18.3. The summed E-state index contributed by atoms with van der Waals surface area (Å²) in [5, 5.41) is 34.5. The topological polar surface area (TPSA) is 148 Å². The van der Waals surface area contributed by atoms with E-state index in [0.29, 0.717) is 16.3 Å². The van der Waals surface area contributed by atoms with Crippen LogP contribution in [0.4, 0.5) is 17.1 Å². The number of non-ortho nitro benzene ring substituents is 1. The van der Waals surface area contributed by atoms with E-state index in [-0.39, 0.29) is 17.1 Å². The second-order valence-corrected chi connectivity index (χ2v) is 7.30. The standard InChI is InChI=1S/C23H15ClN4O6/c1-14-3-2-4-19(24)22(14)26-23(29)16(13-25)11-15-5-8-18(9-6-15)34-21-10-7-17(27(30)31)12-20(21)28(32)33/h2-12H,1H3,(H,26,29)/b16-11+. The Hall–Kier alpha value is -4.75. The number of nitro benzene ring substituents is 2. The molecule has 0 aliphatic heterocycles. The molecule has 1 N–H and O–H groups in total. The smallest absolute Gasteiger partial charge is 0.318 e. The van der Waals surface area contributed by atoms with Crippen LogP contribution in [0.5, 0.6) is 11.5 Å². The molecule has 0 saturated heterocycles. The van der Waals surface area contributed by atoms with Crippen LogP contribution in [0.25, 0.3) is 6.08 Å². The predicted octanol–water partition coefficient (Wildman–Crippen LogP) is 5.80. The number of halogens is 1. The predicted molar refractivity (Wildman–Crippen MR) is 125 cm³/mol. The number of carbonyl (C=O) groups excluding carboxylic acids is 1. The molecule has 0 spiro atoms. The summed E-state index contributed by atoms with van der Waals surface area (Å²) >= 11 is 6.11. The summed E-state index contributed by atoms with van der Waals surface area (Å²) in [5.41, 5.74) is 0.473. The van der Waals surface area contributed by atoms with E-state index in [9.17, 15) is 30.3 Å². The zero-order chi connectivity index (χ0) is 24.8. The molecule has 0 atom stereocenters. The maximum Gasteiger partial charge on any atom is 0.318 e. The average Bonchev–Trinajstić information content (AvgIpc) is 2.80. The van der Waals surface area contributed by atoms with Crippen LogP contribution < -0.4 is 10.1 Å². The van der Waals surface area contributed by atoms with Crippen LogP contribution in [0.2, 0.25) is 5.02 Å². The first-order chi connectivity index (χ1) is 16.2. The van der Waals surface area contributed by atoms with Crippen LogP contribution in [-0.4, -0.2) is 15.8 Å². The highest BCUT2D eigenvalue weighted by atomic mass is 35.5. The normalized spacial score (nSPS) is 10.8. The van der Waals surface area contributed by atoms with Crippen molar-refractivity contribution in [2.75, 3.05) is 5.32 Å². The second-order valence-electron chi connectivity index (χ2n) is 6.89. The quantitative estimate of drug-likeness (QED) is 0.195. The van der Waals surface area contributed by atoms with Gasteiger partial charge in [-0.05, 0) is 48.4 Å². The molecule has 0 radical (unpaired) electrons. The molecule has 0 saturated carbocycles. The molecule has 0 unspecified atom stereocenters. The lowest BCUT2D eigenvalue weighted by molar-refractivity contribution is -0.394. The summed E-state index contributed by atoms with van der Waals surface area (Å²) in [4.78, 5) is 33.1. The third-order valence-electron chi connectivity index (χ3n) is 4.59. The van der Waals surface area contributed by atoms with Crippen LogP contribution in [0.3, 0.4) is 0 Å². The summed E-state index contributed by atoms with van der Waals surface area (Å²) in [7, 11) is 0. The van der Waals surface area contributed by atoms with Crippen LogP contribution in [0.1, 0.15) is 11.1 Å². The first-order valence-electron chi connectivity index (χ1n) is 9.58. The van der Waals surface area contributed by atoms with Gasteiger partial charge in [-0.1, -0.05) is 35.9 Å². The van der Waals surface area contributed by atoms with E-state index < -0.39 is 27.1 Å². The molecule has 3 aromatic rings. The SMILES string of the molecule is Cc1cccc(Cl)c1NC(=O)/C(C#N)=C/c1ccc(Oc2ccc([N+](=O)[O-])cc2[N+](=O)[O-])cc1. The number of hydrogen-bond donors (Lipinski definition) is 1. The minimum Gasteiger partial charge on any atom is -0.450 e. The number of aryl methyl sites for hydroxylation is 1. The summed E-state index contributed by atoms with van der Waals surface area (Å²) in [6, 6.07) is 16.0. The highest BCUT2D eigenvalue weighted by Crippen LogP contribution is 2.34. The molecule has 3 rings (SSSR count). The van der Waals surface area contributed by atoms with Crippen LogP contribution in [0.15, 0.2) is 66.2 Å². The molecule has 3 aromatic carbocycles. The average molecular weight is 479 g/mol. The fourth-order valence-electron chi connectivity index (χ4n) is 2.89. The second kappa shape index (κ2) is 10.2. The van der Waals surface area contributed by atoms with Crippen molar-refractivity contribution in [1.29, 1.82) is 5.26 Å². The highest BCUT2D eigenvalue weighted by Gasteiger charge is 2.21. The number of para-hydroxylation sites is 1. The third-order valence-corrected chi connectivity index (χ3v) is 4.91. The zero-order valence-electron chi connectivity index (χ0n) is 17.5. The van der Waals surface area contributed by atoms with Gasteiger partial charge in [-0.25, -0.2) is 0 Å². The first kappa shape index (κ1) is 23.9. The van der Waals surface area contributed by atoms with Gasteiger partial charge in [0, 0.05) is 6.07 Å². The van der Waals surface area contributed by atoms with Gasteiger partial charge in [0.2, 0.25) is 5.75 Å². The number of anilines is 1. The molecular weight excluding hydrogens is 464 g/mol. The summed E-state index contributed by atoms with van der Waals surface area (Å²) in [6.07, 6.45) is 1.36. The summed E-state index contributed by atoms with van der Waals surface area (Å²) < 4.78 is 5.50. The molecule has 11 heteroatoms. The van der Waals surface area contributed by atoms with Gasteiger partial charge in [-0.3, -0.25) is 25.0 Å². The Morgan fingerprint density at radius 2 is 1.79 bits per heavy atom. The fraction of sp³-hybridized carbons (Fsp3) is 0.0435. The van der Waals surface area contributed by atoms with Crippen molar-refractivity contribution in [2.24, 2.45) is 0 Å². The van der Waals surface area contributed by atoms with E-state index >= 15 is 0 Å². The van der Waals surface area contributed by atoms with Gasteiger partial charge in [0.15, 0.2) is 0 Å². The number of hydrogen-bond acceptors (Lipinski definition) is 7. The fourth-order valence-corrected chi connectivity index (χ4v) is 3.16. The van der Waals surface area contributed by atoms with E-state index in [1.54, 1.807) is 25.1 Å². The summed E-state index contributed by atoms with van der Waals surface area (Å²) in [5.74, 6) is -0.602. The molecule has 0 aromatic heterocycles. The van der Waals surface area contributed by atoms with E-state index in [4.69, 9.17) is 16.3 Å². The lowest BCUT2D eigenvalue weighted by Crippen LogP contribution is -2.14. The molecule has 1 amide bonds. The Bertz CT molecular complexity index is 1340. The Balaban J connectivity index is 1.80. The number of nitrogens with one attached hydrogen (secondary N) is 1. The van der Waals surface area contributed by atoms with Gasteiger partial charge in [-0.15, -0.1) is 0 Å². The van der Waals surface area contributed by atoms with Gasteiger partial charge in [0.1, 0.15) is 17.4 Å². The number of nitriles is 1. The van der Waals surface area contributed by atoms with Crippen molar-refractivity contribution in [1.82, 2.24) is 0 Å². The lowest BCUT2D eigenvalue weighted by Gasteiger charge is -2.10. The molecule has 170 valence electrons. The van der Waals surface area contributed by atoms with Gasteiger partial charge in [-0.2, -0.15) is 5.26 Å². The van der Waals surface area contributed by atoms with Crippen molar-refractivity contribution in [3.05, 3.63) is 103 Å². The van der Waals surface area contributed by atoms with E-state index in [0.717, 1.165) is 23.8 Å². The van der Waals surface area contributed by atoms with Gasteiger partial charge < -0.3 is 10.1 Å². The van der Waals surface area contributed by atoms with Crippen molar-refractivity contribution in [3.63, 3.8) is 0 Å². The molecular formula is C23H15ClN4O6. The van der Waals surface area contributed by atoms with Gasteiger partial charge in [0.05, 0.1) is 26.6 Å². The van der Waals surface area contributed by atoms with Crippen LogP contribution in [0, 0.1) is 38.5 Å². The first-order valence-corrected chi connectivity index (χ1v) is 9.96. The number of benzene rings is 3. The molecule has 10 nitrogen and oxygen atoms in total.